The number of nitrogens with one attached hydrogen (secondary N) is 1. The fourth-order valence-corrected chi connectivity index (χ4v) is 3.57. The highest BCUT2D eigenvalue weighted by atomic mass is 16.5. The van der Waals surface area contributed by atoms with Crippen molar-refractivity contribution in [2.24, 2.45) is 0 Å². The molecule has 0 aromatic carbocycles. The van der Waals surface area contributed by atoms with Crippen LogP contribution in [0.3, 0.4) is 0 Å². The van der Waals surface area contributed by atoms with Crippen molar-refractivity contribution in [3.63, 3.8) is 0 Å². The molecule has 0 fully saturated rings. The van der Waals surface area contributed by atoms with Gasteiger partial charge in [0.2, 0.25) is 0 Å². The Morgan fingerprint density at radius 1 is 1.12 bits per heavy atom. The van der Waals surface area contributed by atoms with E-state index in [4.69, 9.17) is 4.52 Å². The highest BCUT2D eigenvalue weighted by Gasteiger charge is 2.45. The maximum Gasteiger partial charge on any atom is 0.273 e. The van der Waals surface area contributed by atoms with Crippen LogP contribution in [0, 0.1) is 0 Å². The van der Waals surface area contributed by atoms with Crippen LogP contribution in [0.15, 0.2) is 10.6 Å². The van der Waals surface area contributed by atoms with Crippen molar-refractivity contribution in [2.75, 3.05) is 13.1 Å². The van der Waals surface area contributed by atoms with E-state index in [1.165, 1.54) is 0 Å². The molecule has 0 bridgehead atoms. The summed E-state index contributed by atoms with van der Waals surface area (Å²) in [4.78, 5) is 15.3. The molecular weight excluding hydrogens is 314 g/mol. The van der Waals surface area contributed by atoms with Gasteiger partial charge in [0.1, 0.15) is 5.76 Å². The molecule has 1 heterocycles. The molecule has 1 amide bonds. The molecule has 0 saturated heterocycles. The predicted octanol–water partition coefficient (Wildman–Crippen LogP) is 4.43. The van der Waals surface area contributed by atoms with Crippen LogP contribution in [0.4, 0.5) is 0 Å². The van der Waals surface area contributed by atoms with Crippen LogP contribution in [-0.4, -0.2) is 40.1 Å². The van der Waals surface area contributed by atoms with E-state index in [-0.39, 0.29) is 11.4 Å². The minimum Gasteiger partial charge on any atom is -0.361 e. The van der Waals surface area contributed by atoms with Crippen LogP contribution in [0.5, 0.6) is 0 Å². The zero-order chi connectivity index (χ0) is 19.1. The van der Waals surface area contributed by atoms with Gasteiger partial charge in [0.05, 0.1) is 5.54 Å². The molecule has 144 valence electrons. The second-order valence-electron chi connectivity index (χ2n) is 7.62. The highest BCUT2D eigenvalue weighted by molar-refractivity contribution is 5.92. The third-order valence-corrected chi connectivity index (χ3v) is 5.33. The number of amides is 1. The molecule has 0 aliphatic rings. The topological polar surface area (TPSA) is 58.4 Å². The molecule has 1 aromatic heterocycles. The van der Waals surface area contributed by atoms with Gasteiger partial charge >= 0.3 is 0 Å². The number of carbonyl (C=O) groups excluding carboxylic acids is 1. The first-order chi connectivity index (χ1) is 11.8. The van der Waals surface area contributed by atoms with Gasteiger partial charge in [-0.15, -0.1) is 0 Å². The SMILES string of the molecule is CCCN(CCC)C(C)(CCC)C(C)(C)NC(=O)c1cc(CC)on1. The molecule has 1 N–H and O–H groups in total. The van der Waals surface area contributed by atoms with E-state index in [2.05, 4.69) is 56.9 Å². The Balaban J connectivity index is 3.06. The van der Waals surface area contributed by atoms with Gasteiger partial charge in [0.15, 0.2) is 5.69 Å². The van der Waals surface area contributed by atoms with Gasteiger partial charge in [0, 0.05) is 18.0 Å². The number of hydrogen-bond donors (Lipinski definition) is 1. The standard InChI is InChI=1S/C20H37N3O2/c1-8-12-20(7,23(13-9-2)14-10-3)19(5,6)21-18(24)17-15-16(11-4)25-22-17/h15H,8-14H2,1-7H3,(H,21,24). The van der Waals surface area contributed by atoms with Crippen LogP contribution in [0.2, 0.25) is 0 Å². The van der Waals surface area contributed by atoms with Crippen molar-refractivity contribution in [1.29, 1.82) is 0 Å². The van der Waals surface area contributed by atoms with Gasteiger partial charge in [-0.05, 0) is 53.1 Å². The van der Waals surface area contributed by atoms with Gasteiger partial charge < -0.3 is 9.84 Å². The summed E-state index contributed by atoms with van der Waals surface area (Å²) < 4.78 is 5.19. The first-order valence-corrected chi connectivity index (χ1v) is 9.78. The van der Waals surface area contributed by atoms with Crippen molar-refractivity contribution in [2.45, 2.75) is 91.6 Å². The summed E-state index contributed by atoms with van der Waals surface area (Å²) in [5, 5.41) is 7.15. The minimum absolute atomic E-state index is 0.124. The fourth-order valence-electron chi connectivity index (χ4n) is 3.57. The number of hydrogen-bond acceptors (Lipinski definition) is 4. The van der Waals surface area contributed by atoms with Crippen LogP contribution in [0.25, 0.3) is 0 Å². The summed E-state index contributed by atoms with van der Waals surface area (Å²) in [5.74, 6) is 0.571. The largest absolute Gasteiger partial charge is 0.361 e. The maximum absolute atomic E-state index is 12.7. The third-order valence-electron chi connectivity index (χ3n) is 5.33. The predicted molar refractivity (Wildman–Crippen MR) is 103 cm³/mol. The van der Waals surface area contributed by atoms with Gasteiger partial charge in [-0.1, -0.05) is 39.3 Å². The minimum atomic E-state index is -0.393. The third kappa shape index (κ3) is 5.06. The number of rotatable bonds is 11. The van der Waals surface area contributed by atoms with Crippen LogP contribution in [0.1, 0.15) is 90.4 Å². The number of carbonyl (C=O) groups is 1. The van der Waals surface area contributed by atoms with Crippen molar-refractivity contribution in [1.82, 2.24) is 15.4 Å². The molecule has 0 aliphatic carbocycles. The Morgan fingerprint density at radius 3 is 2.16 bits per heavy atom. The molecule has 0 spiro atoms. The molecule has 0 aliphatic heterocycles. The summed E-state index contributed by atoms with van der Waals surface area (Å²) in [6.07, 6.45) is 5.04. The molecule has 5 heteroatoms. The summed E-state index contributed by atoms with van der Waals surface area (Å²) in [7, 11) is 0. The molecule has 25 heavy (non-hydrogen) atoms. The summed E-state index contributed by atoms with van der Waals surface area (Å²) in [6, 6.07) is 1.73. The van der Waals surface area contributed by atoms with E-state index in [0.717, 1.165) is 51.0 Å². The van der Waals surface area contributed by atoms with Crippen molar-refractivity contribution in [3.05, 3.63) is 17.5 Å². The van der Waals surface area contributed by atoms with E-state index < -0.39 is 5.54 Å². The zero-order valence-corrected chi connectivity index (χ0v) is 17.2. The van der Waals surface area contributed by atoms with Crippen molar-refractivity contribution < 1.29 is 9.32 Å². The second-order valence-corrected chi connectivity index (χ2v) is 7.62. The molecule has 0 radical (unpaired) electrons. The highest BCUT2D eigenvalue weighted by Crippen LogP contribution is 2.34. The molecule has 1 rings (SSSR count). The maximum atomic E-state index is 12.7. The fraction of sp³-hybridized carbons (Fsp3) is 0.800. The molecular formula is C20H37N3O2. The van der Waals surface area contributed by atoms with Gasteiger partial charge in [-0.3, -0.25) is 9.69 Å². The van der Waals surface area contributed by atoms with Crippen LogP contribution in [-0.2, 0) is 6.42 Å². The van der Waals surface area contributed by atoms with E-state index in [1.54, 1.807) is 6.07 Å². The Hall–Kier alpha value is -1.36. The van der Waals surface area contributed by atoms with Crippen LogP contribution < -0.4 is 5.32 Å². The lowest BCUT2D eigenvalue weighted by Crippen LogP contribution is -2.67. The van der Waals surface area contributed by atoms with E-state index in [1.807, 2.05) is 6.92 Å². The Morgan fingerprint density at radius 2 is 1.72 bits per heavy atom. The Kier molecular flexibility index (Phi) is 8.13. The van der Waals surface area contributed by atoms with Gasteiger partial charge in [-0.25, -0.2) is 0 Å². The van der Waals surface area contributed by atoms with Crippen LogP contribution >= 0.6 is 0 Å². The van der Waals surface area contributed by atoms with Gasteiger partial charge in [-0.2, -0.15) is 0 Å². The second kappa shape index (κ2) is 9.37. The smallest absolute Gasteiger partial charge is 0.273 e. The lowest BCUT2D eigenvalue weighted by atomic mass is 9.75. The van der Waals surface area contributed by atoms with Crippen molar-refractivity contribution in [3.8, 4) is 0 Å². The Labute approximate surface area is 153 Å². The normalized spacial score (nSPS) is 14.6. The molecule has 1 aromatic rings. The number of aryl methyl sites for hydroxylation is 1. The first kappa shape index (κ1) is 21.7. The van der Waals surface area contributed by atoms with E-state index >= 15 is 0 Å². The zero-order valence-electron chi connectivity index (χ0n) is 17.2. The van der Waals surface area contributed by atoms with E-state index in [9.17, 15) is 4.79 Å². The summed E-state index contributed by atoms with van der Waals surface area (Å²) >= 11 is 0. The molecule has 1 unspecified atom stereocenters. The lowest BCUT2D eigenvalue weighted by Gasteiger charge is -2.52. The first-order valence-electron chi connectivity index (χ1n) is 9.78. The molecule has 5 nitrogen and oxygen atoms in total. The number of nitrogens with zero attached hydrogens (tertiary/aromatic N) is 2. The molecule has 1 atom stereocenters. The lowest BCUT2D eigenvalue weighted by molar-refractivity contribution is 0.0156. The summed E-state index contributed by atoms with van der Waals surface area (Å²) in [5.41, 5.74) is -0.155. The average Bonchev–Trinajstić information content (AvgIpc) is 3.03. The van der Waals surface area contributed by atoms with E-state index in [0.29, 0.717) is 5.69 Å². The molecule has 0 saturated carbocycles. The number of aromatic nitrogens is 1. The summed E-state index contributed by atoms with van der Waals surface area (Å²) in [6.45, 7) is 17.2. The average molecular weight is 352 g/mol. The van der Waals surface area contributed by atoms with Crippen molar-refractivity contribution >= 4 is 5.91 Å². The Bertz CT molecular complexity index is 533. The monoisotopic (exact) mass is 351 g/mol. The van der Waals surface area contributed by atoms with Gasteiger partial charge in [0.25, 0.3) is 5.91 Å². The quantitative estimate of drug-likeness (QED) is 0.641.